The van der Waals surface area contributed by atoms with Gasteiger partial charge in [-0.05, 0) is 31.2 Å². The van der Waals surface area contributed by atoms with Gasteiger partial charge < -0.3 is 10.1 Å². The molecule has 0 fully saturated rings. The number of amides is 1. The third kappa shape index (κ3) is 4.48. The molecule has 0 atom stereocenters. The summed E-state index contributed by atoms with van der Waals surface area (Å²) in [5.41, 5.74) is -1.02. The Morgan fingerprint density at radius 1 is 1.20 bits per heavy atom. The molecule has 30 heavy (non-hydrogen) atoms. The van der Waals surface area contributed by atoms with E-state index in [9.17, 15) is 22.8 Å². The Bertz CT molecular complexity index is 1140. The Morgan fingerprint density at radius 3 is 2.67 bits per heavy atom. The molecular weight excluding hydrogens is 401 g/mol. The molecule has 3 aromatic rings. The number of alkyl halides is 3. The SMILES string of the molecule is COc1ncccc1CNC(=O)c1nn(-c2cccc(C(F)(F)F)c2)c(C)cc1=O. The second-order valence-electron chi connectivity index (χ2n) is 6.31. The zero-order valence-corrected chi connectivity index (χ0v) is 16.0. The number of hydrogen-bond donors (Lipinski definition) is 1. The number of hydrogen-bond acceptors (Lipinski definition) is 5. The van der Waals surface area contributed by atoms with Crippen LogP contribution in [0.4, 0.5) is 13.2 Å². The van der Waals surface area contributed by atoms with E-state index in [0.29, 0.717) is 11.4 Å². The van der Waals surface area contributed by atoms with Crippen LogP contribution in [0.5, 0.6) is 5.88 Å². The molecule has 0 aliphatic rings. The number of halogens is 3. The number of methoxy groups -OCH3 is 1. The molecule has 1 amide bonds. The molecule has 156 valence electrons. The first-order chi connectivity index (χ1) is 14.2. The molecular formula is C20H17F3N4O3. The average Bonchev–Trinajstić information content (AvgIpc) is 2.71. The van der Waals surface area contributed by atoms with Crippen molar-refractivity contribution in [3.63, 3.8) is 0 Å². The maximum atomic E-state index is 13.0. The molecule has 0 bridgehead atoms. The van der Waals surface area contributed by atoms with E-state index in [1.54, 1.807) is 12.1 Å². The summed E-state index contributed by atoms with van der Waals surface area (Å²) in [7, 11) is 1.43. The molecule has 2 heterocycles. The Morgan fingerprint density at radius 2 is 1.97 bits per heavy atom. The fraction of sp³-hybridized carbons (Fsp3) is 0.200. The van der Waals surface area contributed by atoms with Crippen LogP contribution in [-0.2, 0) is 12.7 Å². The largest absolute Gasteiger partial charge is 0.481 e. The minimum Gasteiger partial charge on any atom is -0.481 e. The summed E-state index contributed by atoms with van der Waals surface area (Å²) in [4.78, 5) is 28.8. The van der Waals surface area contributed by atoms with Gasteiger partial charge in [0.05, 0.1) is 18.4 Å². The number of aromatic nitrogens is 3. The summed E-state index contributed by atoms with van der Waals surface area (Å²) in [6.07, 6.45) is -3.01. The number of benzene rings is 1. The van der Waals surface area contributed by atoms with Gasteiger partial charge in [0.25, 0.3) is 5.91 Å². The van der Waals surface area contributed by atoms with Gasteiger partial charge in [-0.25, -0.2) is 9.67 Å². The minimum absolute atomic E-state index is 0.0222. The number of nitrogens with zero attached hydrogens (tertiary/aromatic N) is 3. The Hall–Kier alpha value is -3.69. The van der Waals surface area contributed by atoms with Crippen molar-refractivity contribution in [1.82, 2.24) is 20.1 Å². The second kappa shape index (κ2) is 8.36. The maximum absolute atomic E-state index is 13.0. The van der Waals surface area contributed by atoms with Crippen LogP contribution in [0.15, 0.2) is 53.5 Å². The van der Waals surface area contributed by atoms with Crippen LogP contribution in [0.25, 0.3) is 5.69 Å². The summed E-state index contributed by atoms with van der Waals surface area (Å²) in [6.45, 7) is 1.53. The highest BCUT2D eigenvalue weighted by Gasteiger charge is 2.30. The van der Waals surface area contributed by atoms with E-state index in [-0.39, 0.29) is 17.9 Å². The Labute approximate surface area is 169 Å². The lowest BCUT2D eigenvalue weighted by Gasteiger charge is -2.14. The van der Waals surface area contributed by atoms with Crippen molar-refractivity contribution < 1.29 is 22.7 Å². The van der Waals surface area contributed by atoms with Gasteiger partial charge in [0, 0.05) is 30.1 Å². The Kier molecular flexibility index (Phi) is 5.86. The molecule has 1 aromatic carbocycles. The number of pyridine rings is 1. The van der Waals surface area contributed by atoms with Crippen molar-refractivity contribution in [2.75, 3.05) is 7.11 Å². The summed E-state index contributed by atoms with van der Waals surface area (Å²) in [6, 6.07) is 8.95. The second-order valence-corrected chi connectivity index (χ2v) is 6.31. The molecule has 0 saturated carbocycles. The van der Waals surface area contributed by atoms with Gasteiger partial charge in [-0.15, -0.1) is 0 Å². The standard InChI is InChI=1S/C20H17F3N4O3/c1-12-9-16(28)17(18(29)25-11-13-5-4-8-24-19(13)30-2)26-27(12)15-7-3-6-14(10-15)20(21,22)23/h3-10H,11H2,1-2H3,(H,25,29). The van der Waals surface area contributed by atoms with Gasteiger partial charge in [-0.2, -0.15) is 18.3 Å². The van der Waals surface area contributed by atoms with Crippen molar-refractivity contribution in [2.45, 2.75) is 19.6 Å². The molecule has 2 aromatic heterocycles. The lowest BCUT2D eigenvalue weighted by atomic mass is 10.2. The van der Waals surface area contributed by atoms with Gasteiger partial charge in [-0.3, -0.25) is 9.59 Å². The van der Waals surface area contributed by atoms with E-state index >= 15 is 0 Å². The van der Waals surface area contributed by atoms with Gasteiger partial charge in [0.15, 0.2) is 5.69 Å². The van der Waals surface area contributed by atoms with Gasteiger partial charge >= 0.3 is 6.18 Å². The van der Waals surface area contributed by atoms with Gasteiger partial charge in [-0.1, -0.05) is 12.1 Å². The van der Waals surface area contributed by atoms with Crippen LogP contribution in [0.3, 0.4) is 0 Å². The highest BCUT2D eigenvalue weighted by atomic mass is 19.4. The van der Waals surface area contributed by atoms with E-state index in [4.69, 9.17) is 4.74 Å². The predicted octanol–water partition coefficient (Wildman–Crippen LogP) is 2.89. The molecule has 0 spiro atoms. The van der Waals surface area contributed by atoms with Crippen molar-refractivity contribution in [2.24, 2.45) is 0 Å². The van der Waals surface area contributed by atoms with Crippen molar-refractivity contribution in [1.29, 1.82) is 0 Å². The summed E-state index contributed by atoms with van der Waals surface area (Å²) in [5.74, 6) is -0.456. The third-order valence-corrected chi connectivity index (χ3v) is 4.22. The number of rotatable bonds is 5. The normalized spacial score (nSPS) is 11.2. The van der Waals surface area contributed by atoms with Gasteiger partial charge in [0.2, 0.25) is 11.3 Å². The number of carbonyl (C=O) groups excluding carboxylic acids is 1. The van der Waals surface area contributed by atoms with Crippen LogP contribution in [0, 0.1) is 6.92 Å². The molecule has 7 nitrogen and oxygen atoms in total. The van der Waals surface area contributed by atoms with Crippen LogP contribution < -0.4 is 15.5 Å². The fourth-order valence-corrected chi connectivity index (χ4v) is 2.78. The summed E-state index contributed by atoms with van der Waals surface area (Å²) in [5, 5.41) is 6.55. The summed E-state index contributed by atoms with van der Waals surface area (Å²) >= 11 is 0. The van der Waals surface area contributed by atoms with Crippen molar-refractivity contribution >= 4 is 5.91 Å². The van der Waals surface area contributed by atoms with E-state index in [2.05, 4.69) is 15.4 Å². The Balaban J connectivity index is 1.92. The first-order valence-corrected chi connectivity index (χ1v) is 8.75. The lowest BCUT2D eigenvalue weighted by Crippen LogP contribution is -2.31. The fourth-order valence-electron chi connectivity index (χ4n) is 2.78. The molecule has 0 unspecified atom stereocenters. The molecule has 1 N–H and O–H groups in total. The smallest absolute Gasteiger partial charge is 0.416 e. The highest BCUT2D eigenvalue weighted by molar-refractivity contribution is 5.92. The quantitative estimate of drug-likeness (QED) is 0.689. The van der Waals surface area contributed by atoms with Gasteiger partial charge in [0.1, 0.15) is 0 Å². The zero-order valence-electron chi connectivity index (χ0n) is 16.0. The molecule has 0 aliphatic heterocycles. The molecule has 3 rings (SSSR count). The first kappa shape index (κ1) is 21.0. The predicted molar refractivity (Wildman–Crippen MR) is 102 cm³/mol. The third-order valence-electron chi connectivity index (χ3n) is 4.22. The number of nitrogens with one attached hydrogen (secondary N) is 1. The molecule has 10 heteroatoms. The molecule has 0 saturated heterocycles. The average molecular weight is 418 g/mol. The highest BCUT2D eigenvalue weighted by Crippen LogP contribution is 2.30. The topological polar surface area (TPSA) is 86.1 Å². The van der Waals surface area contributed by atoms with Crippen LogP contribution >= 0.6 is 0 Å². The van der Waals surface area contributed by atoms with E-state index in [1.165, 1.54) is 32.4 Å². The zero-order chi connectivity index (χ0) is 21.9. The monoisotopic (exact) mass is 418 g/mol. The minimum atomic E-state index is -4.54. The number of ether oxygens (including phenoxy) is 1. The van der Waals surface area contributed by atoms with Crippen LogP contribution in [-0.4, -0.2) is 27.8 Å². The first-order valence-electron chi connectivity index (χ1n) is 8.75. The van der Waals surface area contributed by atoms with Crippen molar-refractivity contribution in [3.8, 4) is 11.6 Å². The molecule has 0 aliphatic carbocycles. The van der Waals surface area contributed by atoms with E-state index < -0.39 is 28.8 Å². The van der Waals surface area contributed by atoms with E-state index in [1.807, 2.05) is 0 Å². The van der Waals surface area contributed by atoms with E-state index in [0.717, 1.165) is 22.9 Å². The molecule has 0 radical (unpaired) electrons. The lowest BCUT2D eigenvalue weighted by molar-refractivity contribution is -0.137. The maximum Gasteiger partial charge on any atom is 0.416 e. The van der Waals surface area contributed by atoms with Crippen LogP contribution in [0.1, 0.15) is 27.3 Å². The summed E-state index contributed by atoms with van der Waals surface area (Å²) < 4.78 is 45.3. The number of carbonyl (C=O) groups is 1. The van der Waals surface area contributed by atoms with Crippen molar-refractivity contribution in [3.05, 3.63) is 81.4 Å². The number of aryl methyl sites for hydroxylation is 1. The van der Waals surface area contributed by atoms with Crippen LogP contribution in [0.2, 0.25) is 0 Å².